The fourth-order valence-corrected chi connectivity index (χ4v) is 3.02. The van der Waals surface area contributed by atoms with Crippen molar-refractivity contribution in [2.45, 2.75) is 45.8 Å². The van der Waals surface area contributed by atoms with Crippen LogP contribution < -0.4 is 10.1 Å². The first-order valence-electron chi connectivity index (χ1n) is 7.74. The highest BCUT2D eigenvalue weighted by Crippen LogP contribution is 2.39. The van der Waals surface area contributed by atoms with Crippen LogP contribution in [0.3, 0.4) is 0 Å². The van der Waals surface area contributed by atoms with E-state index in [0.29, 0.717) is 18.0 Å². The van der Waals surface area contributed by atoms with Crippen LogP contribution in [0.15, 0.2) is 18.2 Å². The van der Waals surface area contributed by atoms with Crippen molar-refractivity contribution in [2.75, 3.05) is 5.32 Å². The minimum atomic E-state index is -0.105. The van der Waals surface area contributed by atoms with Crippen molar-refractivity contribution in [1.82, 2.24) is 10.2 Å². The van der Waals surface area contributed by atoms with E-state index in [-0.39, 0.29) is 24.5 Å². The number of hydrogen-bond donors (Lipinski definition) is 3. The number of H-pyrrole nitrogens is 1. The van der Waals surface area contributed by atoms with Crippen LogP contribution >= 0.6 is 0 Å². The van der Waals surface area contributed by atoms with Crippen molar-refractivity contribution in [1.29, 1.82) is 0 Å². The van der Waals surface area contributed by atoms with Crippen LogP contribution in [0.25, 0.3) is 0 Å². The van der Waals surface area contributed by atoms with Crippen LogP contribution in [0.2, 0.25) is 0 Å². The van der Waals surface area contributed by atoms with Crippen LogP contribution in [0.5, 0.6) is 5.75 Å². The van der Waals surface area contributed by atoms with E-state index in [4.69, 9.17) is 4.74 Å². The van der Waals surface area contributed by atoms with Crippen LogP contribution in [-0.4, -0.2) is 27.3 Å². The van der Waals surface area contributed by atoms with Gasteiger partial charge in [0.1, 0.15) is 5.75 Å². The summed E-state index contributed by atoms with van der Waals surface area (Å²) >= 11 is 0. The molecule has 1 atom stereocenters. The molecule has 0 aliphatic carbocycles. The van der Waals surface area contributed by atoms with Gasteiger partial charge in [0.2, 0.25) is 5.91 Å². The first-order chi connectivity index (χ1) is 11.0. The number of aliphatic hydroxyl groups excluding tert-OH is 1. The number of carbonyl (C=O) groups is 1. The molecule has 2 aromatic rings. The highest BCUT2D eigenvalue weighted by atomic mass is 16.5. The lowest BCUT2D eigenvalue weighted by atomic mass is 9.85. The number of fused-ring (bicyclic) bond motifs is 1. The predicted molar refractivity (Wildman–Crippen MR) is 86.5 cm³/mol. The molecule has 0 spiro atoms. The summed E-state index contributed by atoms with van der Waals surface area (Å²) in [6.07, 6.45) is 0.400. The Kier molecular flexibility index (Phi) is 4.09. The summed E-state index contributed by atoms with van der Waals surface area (Å²) in [6.45, 7) is 5.73. The molecule has 1 aliphatic heterocycles. The fourth-order valence-electron chi connectivity index (χ4n) is 3.02. The van der Waals surface area contributed by atoms with Gasteiger partial charge in [0, 0.05) is 29.2 Å². The Bertz CT molecular complexity index is 737. The maximum Gasteiger partial charge on any atom is 0.226 e. The van der Waals surface area contributed by atoms with Crippen LogP contribution in [-0.2, 0) is 11.4 Å². The zero-order chi connectivity index (χ0) is 16.6. The van der Waals surface area contributed by atoms with Gasteiger partial charge < -0.3 is 15.2 Å². The Balaban J connectivity index is 2.02. The number of rotatable bonds is 4. The molecule has 0 fully saturated rings. The number of benzene rings is 1. The van der Waals surface area contributed by atoms with E-state index in [1.165, 1.54) is 0 Å². The number of aryl methyl sites for hydroxylation is 1. The van der Waals surface area contributed by atoms with Crippen molar-refractivity contribution in [2.24, 2.45) is 0 Å². The first-order valence-corrected chi connectivity index (χ1v) is 7.74. The summed E-state index contributed by atoms with van der Waals surface area (Å²) in [5.41, 5.74) is 3.65. The van der Waals surface area contributed by atoms with Gasteiger partial charge in [0.25, 0.3) is 0 Å². The molecule has 6 nitrogen and oxygen atoms in total. The summed E-state index contributed by atoms with van der Waals surface area (Å²) in [4.78, 5) is 11.9. The molecule has 3 rings (SSSR count). The maximum atomic E-state index is 11.9. The largest absolute Gasteiger partial charge is 0.491 e. The number of carbonyl (C=O) groups excluding carboxylic acids is 1. The molecule has 0 unspecified atom stereocenters. The van der Waals surface area contributed by atoms with Gasteiger partial charge in [0.15, 0.2) is 5.82 Å². The van der Waals surface area contributed by atoms with Crippen LogP contribution in [0, 0.1) is 6.92 Å². The minimum absolute atomic E-state index is 0.0364. The minimum Gasteiger partial charge on any atom is -0.491 e. The quantitative estimate of drug-likeness (QED) is 0.809. The Hall–Kier alpha value is -2.34. The van der Waals surface area contributed by atoms with Crippen LogP contribution in [0.4, 0.5) is 5.82 Å². The van der Waals surface area contributed by atoms with Gasteiger partial charge in [-0.05, 0) is 38.5 Å². The van der Waals surface area contributed by atoms with Gasteiger partial charge in [0.05, 0.1) is 12.7 Å². The van der Waals surface area contributed by atoms with E-state index in [1.54, 1.807) is 0 Å². The van der Waals surface area contributed by atoms with Crippen molar-refractivity contribution in [3.63, 3.8) is 0 Å². The summed E-state index contributed by atoms with van der Waals surface area (Å²) in [6, 6.07) is 5.73. The Morgan fingerprint density at radius 1 is 1.43 bits per heavy atom. The van der Waals surface area contributed by atoms with Crippen molar-refractivity contribution >= 4 is 11.7 Å². The molecule has 0 saturated carbocycles. The highest BCUT2D eigenvalue weighted by molar-refractivity contribution is 5.94. The molecule has 0 saturated heterocycles. The number of anilines is 1. The molecule has 0 radical (unpaired) electrons. The number of aromatic nitrogens is 2. The Morgan fingerprint density at radius 3 is 2.91 bits per heavy atom. The summed E-state index contributed by atoms with van der Waals surface area (Å²) in [7, 11) is 0. The van der Waals surface area contributed by atoms with E-state index in [9.17, 15) is 9.90 Å². The number of ether oxygens (including phenoxy) is 1. The summed E-state index contributed by atoms with van der Waals surface area (Å²) in [5.74, 6) is 1.14. The molecular formula is C17H21N3O3. The number of amides is 1. The van der Waals surface area contributed by atoms with Crippen LogP contribution in [0.1, 0.15) is 48.6 Å². The lowest BCUT2D eigenvalue weighted by Crippen LogP contribution is -2.23. The SMILES string of the molecule is Cc1[nH]nc2c1[C@@H](c1ccc(OC(C)C)c(CO)c1)CC(=O)N2. The monoisotopic (exact) mass is 315 g/mol. The van der Waals surface area contributed by atoms with Gasteiger partial charge >= 0.3 is 0 Å². The smallest absolute Gasteiger partial charge is 0.226 e. The topological polar surface area (TPSA) is 87.2 Å². The third-order valence-corrected chi connectivity index (χ3v) is 4.01. The summed E-state index contributed by atoms with van der Waals surface area (Å²) in [5, 5.41) is 19.5. The normalized spacial score (nSPS) is 17.1. The van der Waals surface area contributed by atoms with E-state index >= 15 is 0 Å². The third kappa shape index (κ3) is 2.94. The second-order valence-electron chi connectivity index (χ2n) is 6.11. The average Bonchev–Trinajstić information content (AvgIpc) is 2.87. The van der Waals surface area contributed by atoms with Crippen molar-refractivity contribution < 1.29 is 14.6 Å². The zero-order valence-corrected chi connectivity index (χ0v) is 13.5. The number of hydrogen-bond acceptors (Lipinski definition) is 4. The number of nitrogens with one attached hydrogen (secondary N) is 2. The maximum absolute atomic E-state index is 11.9. The molecule has 23 heavy (non-hydrogen) atoms. The average molecular weight is 315 g/mol. The van der Waals surface area contributed by atoms with E-state index in [1.807, 2.05) is 39.0 Å². The van der Waals surface area contributed by atoms with E-state index < -0.39 is 0 Å². The van der Waals surface area contributed by atoms with Gasteiger partial charge in [-0.15, -0.1) is 0 Å². The number of aromatic amines is 1. The summed E-state index contributed by atoms with van der Waals surface area (Å²) < 4.78 is 5.72. The second-order valence-corrected chi connectivity index (χ2v) is 6.11. The van der Waals surface area contributed by atoms with Crippen molar-refractivity contribution in [3.8, 4) is 5.75 Å². The van der Waals surface area contributed by atoms with Gasteiger partial charge in [-0.1, -0.05) is 6.07 Å². The molecule has 6 heteroatoms. The molecular weight excluding hydrogens is 294 g/mol. The number of nitrogens with zero attached hydrogens (tertiary/aromatic N) is 1. The number of aliphatic hydroxyl groups is 1. The third-order valence-electron chi connectivity index (χ3n) is 4.01. The molecule has 3 N–H and O–H groups in total. The second kappa shape index (κ2) is 6.04. The van der Waals surface area contributed by atoms with E-state index in [0.717, 1.165) is 22.4 Å². The molecule has 1 aromatic heterocycles. The molecule has 1 amide bonds. The Labute approximate surface area is 134 Å². The first kappa shape index (κ1) is 15.6. The fraction of sp³-hybridized carbons (Fsp3) is 0.412. The van der Waals surface area contributed by atoms with Gasteiger partial charge in [-0.25, -0.2) is 0 Å². The van der Waals surface area contributed by atoms with Crippen molar-refractivity contribution in [3.05, 3.63) is 40.6 Å². The van der Waals surface area contributed by atoms with Gasteiger partial charge in [-0.2, -0.15) is 5.10 Å². The lowest BCUT2D eigenvalue weighted by Gasteiger charge is -2.24. The Morgan fingerprint density at radius 2 is 2.22 bits per heavy atom. The van der Waals surface area contributed by atoms with E-state index in [2.05, 4.69) is 15.5 Å². The standard InChI is InChI=1S/C17H21N3O3/c1-9(2)23-14-5-4-11(6-12(14)8-21)13-7-15(22)18-17-16(13)10(3)19-20-17/h4-6,9,13,21H,7-8H2,1-3H3,(H2,18,19,20,22)/t13-/m1/s1. The molecule has 0 bridgehead atoms. The lowest BCUT2D eigenvalue weighted by molar-refractivity contribution is -0.116. The highest BCUT2D eigenvalue weighted by Gasteiger charge is 2.30. The van der Waals surface area contributed by atoms with Gasteiger partial charge in [-0.3, -0.25) is 9.89 Å². The zero-order valence-electron chi connectivity index (χ0n) is 13.5. The predicted octanol–water partition coefficient (Wildman–Crippen LogP) is 2.47. The molecule has 122 valence electrons. The molecule has 1 aromatic carbocycles. The molecule has 2 heterocycles. The molecule has 1 aliphatic rings.